The first kappa shape index (κ1) is 16.3. The zero-order chi connectivity index (χ0) is 14.5. The molecule has 0 aliphatic heterocycles. The quantitative estimate of drug-likeness (QED) is 0.615. The van der Waals surface area contributed by atoms with Crippen molar-refractivity contribution in [3.05, 3.63) is 29.8 Å². The molecule has 0 aromatic heterocycles. The average molecular weight is 308 g/mol. The summed E-state index contributed by atoms with van der Waals surface area (Å²) in [6, 6.07) is 5.42. The predicted molar refractivity (Wildman–Crippen MR) is 70.8 cm³/mol. The van der Waals surface area contributed by atoms with Crippen LogP contribution in [0.25, 0.3) is 0 Å². The summed E-state index contributed by atoms with van der Waals surface area (Å²) in [7, 11) is -7.42. The minimum absolute atomic E-state index is 0.0560. The van der Waals surface area contributed by atoms with Crippen molar-refractivity contribution in [2.45, 2.75) is 24.9 Å². The highest BCUT2D eigenvalue weighted by molar-refractivity contribution is 7.85. The highest BCUT2D eigenvalue weighted by Crippen LogP contribution is 2.51. The van der Waals surface area contributed by atoms with Crippen molar-refractivity contribution < 1.29 is 26.6 Å². The van der Waals surface area contributed by atoms with Crippen molar-refractivity contribution in [1.29, 1.82) is 0 Å². The molecule has 0 radical (unpaired) electrons. The minimum Gasteiger partial charge on any atom is -0.309 e. The van der Waals surface area contributed by atoms with E-state index in [2.05, 4.69) is 0 Å². The maximum atomic E-state index is 12.3. The summed E-state index contributed by atoms with van der Waals surface area (Å²) in [5.41, 5.74) is 0.609. The zero-order valence-electron chi connectivity index (χ0n) is 10.8. The van der Waals surface area contributed by atoms with Gasteiger partial charge in [-0.1, -0.05) is 12.1 Å². The van der Waals surface area contributed by atoms with Gasteiger partial charge in [0, 0.05) is 0 Å². The Kier molecular flexibility index (Phi) is 5.70. The van der Waals surface area contributed by atoms with Gasteiger partial charge in [0.25, 0.3) is 10.1 Å². The molecule has 108 valence electrons. The van der Waals surface area contributed by atoms with Crippen LogP contribution in [0.1, 0.15) is 19.4 Å². The molecule has 1 rings (SSSR count). The Hall–Kier alpha value is -0.720. The van der Waals surface area contributed by atoms with Gasteiger partial charge < -0.3 is 9.05 Å². The van der Waals surface area contributed by atoms with Gasteiger partial charge in [0.05, 0.1) is 24.3 Å². The van der Waals surface area contributed by atoms with Crippen molar-refractivity contribution in [2.24, 2.45) is 0 Å². The first-order valence-corrected chi connectivity index (χ1v) is 8.92. The van der Waals surface area contributed by atoms with Crippen LogP contribution in [0.4, 0.5) is 0 Å². The molecular formula is C11H17O6PS. The molecule has 0 spiro atoms. The molecule has 6 nitrogen and oxygen atoms in total. The summed E-state index contributed by atoms with van der Waals surface area (Å²) >= 11 is 0. The van der Waals surface area contributed by atoms with Gasteiger partial charge in [-0.05, 0) is 31.5 Å². The Labute approximate surface area is 113 Å². The lowest BCUT2D eigenvalue weighted by atomic mass is 10.2. The molecule has 0 aliphatic carbocycles. The molecule has 0 amide bonds. The number of hydrogen-bond donors (Lipinski definition) is 1. The van der Waals surface area contributed by atoms with Crippen molar-refractivity contribution in [3.63, 3.8) is 0 Å². The van der Waals surface area contributed by atoms with Gasteiger partial charge in [0.1, 0.15) is 0 Å². The highest BCUT2D eigenvalue weighted by atomic mass is 32.2. The predicted octanol–water partition coefficient (Wildman–Crippen LogP) is 2.70. The van der Waals surface area contributed by atoms with E-state index in [0.29, 0.717) is 5.56 Å². The van der Waals surface area contributed by atoms with Crippen molar-refractivity contribution in [3.8, 4) is 0 Å². The Morgan fingerprint density at radius 2 is 1.58 bits per heavy atom. The summed E-state index contributed by atoms with van der Waals surface area (Å²) in [6.45, 7) is 3.96. The minimum atomic E-state index is -4.22. The maximum absolute atomic E-state index is 12.3. The van der Waals surface area contributed by atoms with Gasteiger partial charge in [-0.15, -0.1) is 0 Å². The van der Waals surface area contributed by atoms with Crippen molar-refractivity contribution >= 4 is 17.7 Å². The van der Waals surface area contributed by atoms with Crippen LogP contribution >= 0.6 is 7.60 Å². The monoisotopic (exact) mass is 308 g/mol. The molecule has 0 saturated carbocycles. The van der Waals surface area contributed by atoms with E-state index >= 15 is 0 Å². The van der Waals surface area contributed by atoms with Crippen LogP contribution in [-0.2, 0) is 29.9 Å². The molecule has 8 heteroatoms. The fourth-order valence-corrected chi connectivity index (χ4v) is 3.69. The second-order valence-electron chi connectivity index (χ2n) is 3.72. The summed E-state index contributed by atoms with van der Waals surface area (Å²) in [6.07, 6.45) is 0.0560. The molecule has 1 aromatic rings. The Morgan fingerprint density at radius 3 is 1.95 bits per heavy atom. The molecular weight excluding hydrogens is 291 g/mol. The third kappa shape index (κ3) is 5.04. The van der Waals surface area contributed by atoms with Gasteiger partial charge in [0.15, 0.2) is 0 Å². The lowest BCUT2D eigenvalue weighted by Gasteiger charge is -2.16. The highest BCUT2D eigenvalue weighted by Gasteiger charge is 2.24. The molecule has 0 heterocycles. The number of benzene rings is 1. The smallest absolute Gasteiger partial charge is 0.309 e. The van der Waals surface area contributed by atoms with E-state index in [0.717, 1.165) is 0 Å². The summed E-state index contributed by atoms with van der Waals surface area (Å²) < 4.78 is 53.1. The van der Waals surface area contributed by atoms with Crippen LogP contribution in [-0.4, -0.2) is 26.2 Å². The largest absolute Gasteiger partial charge is 0.335 e. The Morgan fingerprint density at radius 1 is 1.11 bits per heavy atom. The second-order valence-corrected chi connectivity index (χ2v) is 7.20. The molecule has 0 bridgehead atoms. The standard InChI is InChI=1S/C11H17O6PS/c1-3-16-18(12,17-4-2)9-10-5-7-11(8-6-10)19(13,14)15/h5-8H,3-4,9H2,1-2H3,(H,13,14,15). The second kappa shape index (κ2) is 6.63. The van der Waals surface area contributed by atoms with Crippen LogP contribution < -0.4 is 0 Å². The van der Waals surface area contributed by atoms with Crippen LogP contribution in [0.15, 0.2) is 29.2 Å². The maximum Gasteiger partial charge on any atom is 0.335 e. The van der Waals surface area contributed by atoms with Gasteiger partial charge in [0.2, 0.25) is 0 Å². The van der Waals surface area contributed by atoms with E-state index in [-0.39, 0.29) is 24.3 Å². The summed E-state index contributed by atoms with van der Waals surface area (Å²) in [4.78, 5) is -0.209. The van der Waals surface area contributed by atoms with E-state index in [1.807, 2.05) is 0 Å². The number of rotatable bonds is 7. The van der Waals surface area contributed by atoms with Crippen molar-refractivity contribution in [2.75, 3.05) is 13.2 Å². The number of hydrogen-bond acceptors (Lipinski definition) is 5. The Balaban J connectivity index is 2.90. The first-order chi connectivity index (χ1) is 8.80. The summed E-state index contributed by atoms with van der Waals surface area (Å²) in [5, 5.41) is 0. The third-order valence-electron chi connectivity index (χ3n) is 2.25. The molecule has 1 N–H and O–H groups in total. The zero-order valence-corrected chi connectivity index (χ0v) is 12.5. The van der Waals surface area contributed by atoms with Gasteiger partial charge >= 0.3 is 7.60 Å². The molecule has 0 unspecified atom stereocenters. The molecule has 1 aromatic carbocycles. The average Bonchev–Trinajstić information content (AvgIpc) is 2.28. The topological polar surface area (TPSA) is 89.9 Å². The van der Waals surface area contributed by atoms with E-state index in [9.17, 15) is 13.0 Å². The SMILES string of the molecule is CCOP(=O)(Cc1ccc(S(=O)(=O)O)cc1)OCC. The Bertz CT molecular complexity index is 541. The lowest BCUT2D eigenvalue weighted by Crippen LogP contribution is -2.00. The van der Waals surface area contributed by atoms with E-state index in [1.54, 1.807) is 13.8 Å². The summed E-state index contributed by atoms with van der Waals surface area (Å²) in [5.74, 6) is 0. The van der Waals surface area contributed by atoms with E-state index in [1.165, 1.54) is 24.3 Å². The van der Waals surface area contributed by atoms with Crippen LogP contribution in [0.2, 0.25) is 0 Å². The van der Waals surface area contributed by atoms with Crippen LogP contribution in [0.3, 0.4) is 0 Å². The fraction of sp³-hybridized carbons (Fsp3) is 0.455. The van der Waals surface area contributed by atoms with Crippen molar-refractivity contribution in [1.82, 2.24) is 0 Å². The molecule has 0 saturated heterocycles. The molecule has 0 fully saturated rings. The molecule has 19 heavy (non-hydrogen) atoms. The fourth-order valence-electron chi connectivity index (χ4n) is 1.51. The van der Waals surface area contributed by atoms with Gasteiger partial charge in [-0.3, -0.25) is 9.12 Å². The first-order valence-electron chi connectivity index (χ1n) is 5.75. The van der Waals surface area contributed by atoms with E-state index < -0.39 is 17.7 Å². The van der Waals surface area contributed by atoms with Gasteiger partial charge in [-0.2, -0.15) is 8.42 Å². The third-order valence-corrected chi connectivity index (χ3v) is 5.17. The lowest BCUT2D eigenvalue weighted by molar-refractivity contribution is 0.219. The van der Waals surface area contributed by atoms with Gasteiger partial charge in [-0.25, -0.2) is 0 Å². The van der Waals surface area contributed by atoms with Crippen LogP contribution in [0.5, 0.6) is 0 Å². The normalized spacial score (nSPS) is 12.6. The van der Waals surface area contributed by atoms with E-state index in [4.69, 9.17) is 13.6 Å². The molecule has 0 aliphatic rings. The molecule has 0 atom stereocenters. The van der Waals surface area contributed by atoms with Crippen LogP contribution in [0, 0.1) is 0 Å².